The number of anilines is 1. The number of hydrogen-bond donors (Lipinski definition) is 1. The summed E-state index contributed by atoms with van der Waals surface area (Å²) in [6, 6.07) is 20.7. The maximum absolute atomic E-state index is 12.1. The Morgan fingerprint density at radius 3 is 2.41 bits per heavy atom. The van der Waals surface area contributed by atoms with E-state index in [0.29, 0.717) is 25.3 Å². The van der Waals surface area contributed by atoms with Crippen LogP contribution in [0.2, 0.25) is 0 Å². The first kappa shape index (κ1) is 20.1. The summed E-state index contributed by atoms with van der Waals surface area (Å²) >= 11 is 0. The van der Waals surface area contributed by atoms with E-state index in [-0.39, 0.29) is 11.8 Å². The monoisotopic (exact) mass is 389 g/mol. The van der Waals surface area contributed by atoms with Crippen molar-refractivity contribution in [1.29, 1.82) is 0 Å². The van der Waals surface area contributed by atoms with E-state index >= 15 is 0 Å². The second-order valence-corrected chi connectivity index (χ2v) is 6.44. The van der Waals surface area contributed by atoms with Crippen molar-refractivity contribution in [3.05, 3.63) is 90.3 Å². The molecule has 1 heterocycles. The highest BCUT2D eigenvalue weighted by Gasteiger charge is 2.12. The molecule has 6 heteroatoms. The summed E-state index contributed by atoms with van der Waals surface area (Å²) in [6.07, 6.45) is 3.12. The van der Waals surface area contributed by atoms with Crippen molar-refractivity contribution >= 4 is 17.5 Å². The van der Waals surface area contributed by atoms with Gasteiger partial charge in [0, 0.05) is 38.1 Å². The number of hydrogen-bond acceptors (Lipinski definition) is 4. The molecule has 1 aromatic heterocycles. The average molecular weight is 389 g/mol. The third-order valence-corrected chi connectivity index (χ3v) is 4.32. The molecule has 0 aliphatic heterocycles. The van der Waals surface area contributed by atoms with E-state index in [4.69, 9.17) is 4.74 Å². The third-order valence-electron chi connectivity index (χ3n) is 4.32. The van der Waals surface area contributed by atoms with Crippen LogP contribution in [0.5, 0.6) is 5.75 Å². The standard InChI is InChI=1S/C23H23N3O3/c1-18(27)26(15-14-25-23(28)20-8-5-13-24-16-20)21-9-11-22(12-10-21)29-17-19-6-3-2-4-7-19/h2-13,16H,14-15,17H2,1H3,(H,25,28). The van der Waals surface area contributed by atoms with Crippen LogP contribution in [-0.2, 0) is 11.4 Å². The highest BCUT2D eigenvalue weighted by molar-refractivity contribution is 5.94. The van der Waals surface area contributed by atoms with Crippen LogP contribution in [0.1, 0.15) is 22.8 Å². The van der Waals surface area contributed by atoms with Crippen LogP contribution in [0.15, 0.2) is 79.1 Å². The molecule has 2 amide bonds. The Bertz CT molecular complexity index is 929. The van der Waals surface area contributed by atoms with Crippen LogP contribution in [0.4, 0.5) is 5.69 Å². The van der Waals surface area contributed by atoms with Crippen molar-refractivity contribution in [2.45, 2.75) is 13.5 Å². The van der Waals surface area contributed by atoms with Gasteiger partial charge in [-0.15, -0.1) is 0 Å². The topological polar surface area (TPSA) is 71.5 Å². The number of benzene rings is 2. The van der Waals surface area contributed by atoms with Crippen molar-refractivity contribution in [3.8, 4) is 5.75 Å². The van der Waals surface area contributed by atoms with Gasteiger partial charge in [-0.05, 0) is 42.0 Å². The first-order chi connectivity index (χ1) is 14.1. The summed E-state index contributed by atoms with van der Waals surface area (Å²) in [5, 5.41) is 2.81. The molecule has 0 aliphatic rings. The lowest BCUT2D eigenvalue weighted by atomic mass is 10.2. The highest BCUT2D eigenvalue weighted by Crippen LogP contribution is 2.20. The maximum Gasteiger partial charge on any atom is 0.252 e. The van der Waals surface area contributed by atoms with Crippen molar-refractivity contribution in [2.24, 2.45) is 0 Å². The molecule has 0 saturated carbocycles. The number of rotatable bonds is 8. The fourth-order valence-corrected chi connectivity index (χ4v) is 2.81. The minimum atomic E-state index is -0.216. The number of nitrogens with one attached hydrogen (secondary N) is 1. The Morgan fingerprint density at radius 2 is 1.76 bits per heavy atom. The van der Waals surface area contributed by atoms with Gasteiger partial charge in [-0.1, -0.05) is 30.3 Å². The number of pyridine rings is 1. The molecule has 0 unspecified atom stereocenters. The van der Waals surface area contributed by atoms with Crippen molar-refractivity contribution in [2.75, 3.05) is 18.0 Å². The zero-order valence-corrected chi connectivity index (χ0v) is 16.2. The summed E-state index contributed by atoms with van der Waals surface area (Å²) in [4.78, 5) is 29.7. The number of carbonyl (C=O) groups is 2. The second kappa shape index (κ2) is 10.0. The molecular formula is C23H23N3O3. The zero-order valence-electron chi connectivity index (χ0n) is 16.2. The number of aromatic nitrogens is 1. The first-order valence-electron chi connectivity index (χ1n) is 9.36. The van der Waals surface area contributed by atoms with Gasteiger partial charge in [0.1, 0.15) is 12.4 Å². The van der Waals surface area contributed by atoms with Crippen LogP contribution < -0.4 is 15.0 Å². The van der Waals surface area contributed by atoms with E-state index in [1.165, 1.54) is 13.1 Å². The van der Waals surface area contributed by atoms with Gasteiger partial charge in [0.2, 0.25) is 5.91 Å². The zero-order chi connectivity index (χ0) is 20.5. The van der Waals surface area contributed by atoms with Gasteiger partial charge in [-0.25, -0.2) is 0 Å². The fourth-order valence-electron chi connectivity index (χ4n) is 2.81. The van der Waals surface area contributed by atoms with Gasteiger partial charge >= 0.3 is 0 Å². The van der Waals surface area contributed by atoms with Crippen molar-refractivity contribution in [3.63, 3.8) is 0 Å². The van der Waals surface area contributed by atoms with Crippen LogP contribution in [0.3, 0.4) is 0 Å². The Hall–Kier alpha value is -3.67. The Morgan fingerprint density at radius 1 is 1.00 bits per heavy atom. The molecule has 1 N–H and O–H groups in total. The second-order valence-electron chi connectivity index (χ2n) is 6.44. The SMILES string of the molecule is CC(=O)N(CCNC(=O)c1cccnc1)c1ccc(OCc2ccccc2)cc1. The molecule has 0 fully saturated rings. The Labute approximate surface area is 170 Å². The molecule has 0 spiro atoms. The molecule has 0 bridgehead atoms. The highest BCUT2D eigenvalue weighted by atomic mass is 16.5. The van der Waals surface area contributed by atoms with E-state index in [9.17, 15) is 9.59 Å². The van der Waals surface area contributed by atoms with Gasteiger partial charge in [0.25, 0.3) is 5.91 Å². The summed E-state index contributed by atoms with van der Waals surface area (Å²) in [5.41, 5.74) is 2.33. The largest absolute Gasteiger partial charge is 0.489 e. The molecule has 148 valence electrons. The molecule has 3 aromatic rings. The fraction of sp³-hybridized carbons (Fsp3) is 0.174. The van der Waals surface area contributed by atoms with E-state index in [2.05, 4.69) is 10.3 Å². The molecule has 0 saturated heterocycles. The van der Waals surface area contributed by atoms with Crippen LogP contribution in [0, 0.1) is 0 Å². The van der Waals surface area contributed by atoms with Gasteiger partial charge in [-0.3, -0.25) is 14.6 Å². The molecule has 0 atom stereocenters. The van der Waals surface area contributed by atoms with Crippen molar-refractivity contribution in [1.82, 2.24) is 10.3 Å². The number of carbonyl (C=O) groups excluding carboxylic acids is 2. The number of amides is 2. The normalized spacial score (nSPS) is 10.2. The van der Waals surface area contributed by atoms with Crippen molar-refractivity contribution < 1.29 is 14.3 Å². The molecular weight excluding hydrogens is 366 g/mol. The minimum absolute atomic E-state index is 0.0985. The first-order valence-corrected chi connectivity index (χ1v) is 9.36. The predicted molar refractivity (Wildman–Crippen MR) is 112 cm³/mol. The van der Waals surface area contributed by atoms with Crippen LogP contribution in [0.25, 0.3) is 0 Å². The van der Waals surface area contributed by atoms with Crippen LogP contribution >= 0.6 is 0 Å². The molecule has 2 aromatic carbocycles. The predicted octanol–water partition coefficient (Wildman–Crippen LogP) is 3.44. The third kappa shape index (κ3) is 5.90. The molecule has 29 heavy (non-hydrogen) atoms. The molecule has 0 radical (unpaired) electrons. The Balaban J connectivity index is 1.54. The van der Waals surface area contributed by atoms with E-state index in [0.717, 1.165) is 17.0 Å². The van der Waals surface area contributed by atoms with Gasteiger partial charge in [-0.2, -0.15) is 0 Å². The summed E-state index contributed by atoms with van der Waals surface area (Å²) in [6.45, 7) is 2.69. The van der Waals surface area contributed by atoms with Crippen LogP contribution in [-0.4, -0.2) is 29.9 Å². The molecule has 3 rings (SSSR count). The number of ether oxygens (including phenoxy) is 1. The molecule has 6 nitrogen and oxygen atoms in total. The van der Waals surface area contributed by atoms with Gasteiger partial charge in [0.05, 0.1) is 5.56 Å². The lowest BCUT2D eigenvalue weighted by Gasteiger charge is -2.21. The van der Waals surface area contributed by atoms with E-state index in [1.54, 1.807) is 23.2 Å². The lowest BCUT2D eigenvalue weighted by Crippen LogP contribution is -2.37. The summed E-state index contributed by atoms with van der Waals surface area (Å²) in [7, 11) is 0. The van der Waals surface area contributed by atoms with Gasteiger partial charge < -0.3 is 15.0 Å². The van der Waals surface area contributed by atoms with E-state index < -0.39 is 0 Å². The smallest absolute Gasteiger partial charge is 0.252 e. The Kier molecular flexibility index (Phi) is 6.95. The quantitative estimate of drug-likeness (QED) is 0.641. The summed E-state index contributed by atoms with van der Waals surface area (Å²) in [5.74, 6) is 0.413. The maximum atomic E-state index is 12.1. The molecule has 0 aliphatic carbocycles. The average Bonchev–Trinajstić information content (AvgIpc) is 2.77. The number of nitrogens with zero attached hydrogens (tertiary/aromatic N) is 2. The lowest BCUT2D eigenvalue weighted by molar-refractivity contribution is -0.116. The minimum Gasteiger partial charge on any atom is -0.489 e. The van der Waals surface area contributed by atoms with Gasteiger partial charge in [0.15, 0.2) is 0 Å². The summed E-state index contributed by atoms with van der Waals surface area (Å²) < 4.78 is 5.78. The van der Waals surface area contributed by atoms with E-state index in [1.807, 2.05) is 54.6 Å².